The summed E-state index contributed by atoms with van der Waals surface area (Å²) in [5, 5.41) is 3.48. The van der Waals surface area contributed by atoms with Crippen LogP contribution in [0.5, 0.6) is 5.75 Å². The Kier molecular flexibility index (Phi) is 5.05. The van der Waals surface area contributed by atoms with Gasteiger partial charge in [-0.1, -0.05) is 23.7 Å². The summed E-state index contributed by atoms with van der Waals surface area (Å²) in [6, 6.07) is 7.63. The van der Waals surface area contributed by atoms with E-state index in [1.165, 1.54) is 0 Å². The van der Waals surface area contributed by atoms with Gasteiger partial charge in [0.2, 0.25) is 0 Å². The van der Waals surface area contributed by atoms with Crippen LogP contribution in [-0.2, 0) is 4.79 Å². The molecular formula is C14H19ClN2O2. The Bertz CT molecular complexity index is 431. The summed E-state index contributed by atoms with van der Waals surface area (Å²) < 4.78 is 5.39. The molecule has 4 nitrogen and oxygen atoms in total. The molecule has 1 aromatic rings. The molecule has 0 saturated heterocycles. The SMILES string of the molecule is NC1CCC(NC(=O)COc2ccccc2Cl)CC1. The minimum Gasteiger partial charge on any atom is -0.482 e. The van der Waals surface area contributed by atoms with Crippen LogP contribution in [0.3, 0.4) is 0 Å². The van der Waals surface area contributed by atoms with E-state index < -0.39 is 0 Å². The van der Waals surface area contributed by atoms with Gasteiger partial charge >= 0.3 is 0 Å². The molecule has 0 unspecified atom stereocenters. The Labute approximate surface area is 118 Å². The van der Waals surface area contributed by atoms with Gasteiger partial charge in [-0.2, -0.15) is 0 Å². The van der Waals surface area contributed by atoms with Crippen molar-refractivity contribution in [3.8, 4) is 5.75 Å². The van der Waals surface area contributed by atoms with Crippen molar-refractivity contribution in [2.45, 2.75) is 37.8 Å². The van der Waals surface area contributed by atoms with Crippen molar-refractivity contribution in [2.75, 3.05) is 6.61 Å². The van der Waals surface area contributed by atoms with Crippen LogP contribution in [0, 0.1) is 0 Å². The zero-order valence-electron chi connectivity index (χ0n) is 10.8. The maximum absolute atomic E-state index is 11.8. The van der Waals surface area contributed by atoms with Crippen LogP contribution in [0.25, 0.3) is 0 Å². The van der Waals surface area contributed by atoms with Gasteiger partial charge < -0.3 is 15.8 Å². The summed E-state index contributed by atoms with van der Waals surface area (Å²) >= 11 is 5.95. The highest BCUT2D eigenvalue weighted by Crippen LogP contribution is 2.23. The van der Waals surface area contributed by atoms with Gasteiger partial charge in [-0.25, -0.2) is 0 Å². The van der Waals surface area contributed by atoms with Gasteiger partial charge in [-0.05, 0) is 37.8 Å². The lowest BCUT2D eigenvalue weighted by atomic mass is 9.92. The van der Waals surface area contributed by atoms with Crippen LogP contribution >= 0.6 is 11.6 Å². The summed E-state index contributed by atoms with van der Waals surface area (Å²) in [6.07, 6.45) is 3.82. The number of nitrogens with two attached hydrogens (primary N) is 1. The first-order valence-electron chi connectivity index (χ1n) is 6.57. The molecule has 0 spiro atoms. The number of hydrogen-bond donors (Lipinski definition) is 2. The second-order valence-corrected chi connectivity index (χ2v) is 5.31. The third-order valence-electron chi connectivity index (χ3n) is 3.33. The van der Waals surface area contributed by atoms with Crippen molar-refractivity contribution >= 4 is 17.5 Å². The molecule has 0 bridgehead atoms. The smallest absolute Gasteiger partial charge is 0.258 e. The maximum Gasteiger partial charge on any atom is 0.258 e. The van der Waals surface area contributed by atoms with Gasteiger partial charge in [0, 0.05) is 12.1 Å². The molecule has 1 aromatic carbocycles. The van der Waals surface area contributed by atoms with Crippen molar-refractivity contribution < 1.29 is 9.53 Å². The molecule has 1 aliphatic carbocycles. The summed E-state index contributed by atoms with van der Waals surface area (Å²) in [5.74, 6) is 0.422. The zero-order chi connectivity index (χ0) is 13.7. The van der Waals surface area contributed by atoms with Gasteiger partial charge in [0.15, 0.2) is 6.61 Å². The Hall–Kier alpha value is -1.26. The Morgan fingerprint density at radius 1 is 1.32 bits per heavy atom. The standard InChI is InChI=1S/C14H19ClN2O2/c15-12-3-1-2-4-13(12)19-9-14(18)17-11-7-5-10(16)6-8-11/h1-4,10-11H,5-9,16H2,(H,17,18). The minimum absolute atomic E-state index is 0.00765. The molecule has 0 aromatic heterocycles. The molecule has 1 aliphatic rings. The van der Waals surface area contributed by atoms with E-state index in [0.717, 1.165) is 25.7 Å². The van der Waals surface area contributed by atoms with Crippen LogP contribution < -0.4 is 15.8 Å². The molecule has 3 N–H and O–H groups in total. The molecule has 0 atom stereocenters. The number of hydrogen-bond acceptors (Lipinski definition) is 3. The van der Waals surface area contributed by atoms with E-state index in [0.29, 0.717) is 10.8 Å². The summed E-state index contributed by atoms with van der Waals surface area (Å²) in [5.41, 5.74) is 5.83. The van der Waals surface area contributed by atoms with Crippen molar-refractivity contribution in [2.24, 2.45) is 5.73 Å². The molecular weight excluding hydrogens is 264 g/mol. The first kappa shape index (κ1) is 14.2. The molecule has 2 rings (SSSR count). The molecule has 0 aliphatic heterocycles. The van der Waals surface area contributed by atoms with Crippen molar-refractivity contribution in [3.63, 3.8) is 0 Å². The third kappa shape index (κ3) is 4.40. The molecule has 104 valence electrons. The molecule has 1 saturated carbocycles. The number of amides is 1. The largest absolute Gasteiger partial charge is 0.482 e. The summed E-state index contributed by atoms with van der Waals surface area (Å²) in [7, 11) is 0. The summed E-state index contributed by atoms with van der Waals surface area (Å²) in [6.45, 7) is -0.00765. The molecule has 1 amide bonds. The highest BCUT2D eigenvalue weighted by molar-refractivity contribution is 6.32. The number of benzene rings is 1. The fourth-order valence-corrected chi connectivity index (χ4v) is 2.43. The van der Waals surface area contributed by atoms with Crippen LogP contribution in [0.15, 0.2) is 24.3 Å². The number of carbonyl (C=O) groups excluding carboxylic acids is 1. The van der Waals surface area contributed by atoms with E-state index in [1.54, 1.807) is 12.1 Å². The lowest BCUT2D eigenvalue weighted by molar-refractivity contribution is -0.124. The fraction of sp³-hybridized carbons (Fsp3) is 0.500. The predicted molar refractivity (Wildman–Crippen MR) is 75.3 cm³/mol. The van der Waals surface area contributed by atoms with Gasteiger partial charge in [0.25, 0.3) is 5.91 Å². The third-order valence-corrected chi connectivity index (χ3v) is 3.64. The Morgan fingerprint density at radius 3 is 2.68 bits per heavy atom. The average Bonchev–Trinajstić information content (AvgIpc) is 2.40. The number of halogens is 1. The highest BCUT2D eigenvalue weighted by atomic mass is 35.5. The first-order valence-corrected chi connectivity index (χ1v) is 6.95. The lowest BCUT2D eigenvalue weighted by Crippen LogP contribution is -2.42. The average molecular weight is 283 g/mol. The van der Waals surface area contributed by atoms with E-state index in [2.05, 4.69) is 5.32 Å². The van der Waals surface area contributed by atoms with E-state index in [1.807, 2.05) is 12.1 Å². The van der Waals surface area contributed by atoms with Gasteiger partial charge in [-0.15, -0.1) is 0 Å². The second-order valence-electron chi connectivity index (χ2n) is 4.90. The Balaban J connectivity index is 1.74. The topological polar surface area (TPSA) is 64.3 Å². The van der Waals surface area contributed by atoms with Crippen LogP contribution in [0.4, 0.5) is 0 Å². The minimum atomic E-state index is -0.111. The van der Waals surface area contributed by atoms with Gasteiger partial charge in [-0.3, -0.25) is 4.79 Å². The van der Waals surface area contributed by atoms with Crippen molar-refractivity contribution in [1.82, 2.24) is 5.32 Å². The quantitative estimate of drug-likeness (QED) is 0.889. The molecule has 1 fully saturated rings. The maximum atomic E-state index is 11.8. The normalized spacial score (nSPS) is 22.8. The second kappa shape index (κ2) is 6.78. The number of carbonyl (C=O) groups is 1. The summed E-state index contributed by atoms with van der Waals surface area (Å²) in [4.78, 5) is 11.8. The van der Waals surface area contributed by atoms with Crippen molar-refractivity contribution in [1.29, 1.82) is 0 Å². The molecule has 0 radical (unpaired) electrons. The molecule has 5 heteroatoms. The van der Waals surface area contributed by atoms with Crippen LogP contribution in [0.1, 0.15) is 25.7 Å². The lowest BCUT2D eigenvalue weighted by Gasteiger charge is -2.26. The van der Waals surface area contributed by atoms with Crippen LogP contribution in [-0.4, -0.2) is 24.6 Å². The van der Waals surface area contributed by atoms with Crippen LogP contribution in [0.2, 0.25) is 5.02 Å². The van der Waals surface area contributed by atoms with Gasteiger partial charge in [0.1, 0.15) is 5.75 Å². The van der Waals surface area contributed by atoms with E-state index >= 15 is 0 Å². The van der Waals surface area contributed by atoms with E-state index in [4.69, 9.17) is 22.1 Å². The van der Waals surface area contributed by atoms with Crippen molar-refractivity contribution in [3.05, 3.63) is 29.3 Å². The zero-order valence-corrected chi connectivity index (χ0v) is 11.5. The fourth-order valence-electron chi connectivity index (χ4n) is 2.24. The van der Waals surface area contributed by atoms with Gasteiger partial charge in [0.05, 0.1) is 5.02 Å². The predicted octanol–water partition coefficient (Wildman–Crippen LogP) is 2.10. The number of ether oxygens (including phenoxy) is 1. The number of para-hydroxylation sites is 1. The highest BCUT2D eigenvalue weighted by Gasteiger charge is 2.20. The monoisotopic (exact) mass is 282 g/mol. The number of nitrogens with one attached hydrogen (secondary N) is 1. The molecule has 0 heterocycles. The first-order chi connectivity index (χ1) is 9.15. The number of rotatable bonds is 4. The van der Waals surface area contributed by atoms with E-state index in [-0.39, 0.29) is 24.6 Å². The van der Waals surface area contributed by atoms with E-state index in [9.17, 15) is 4.79 Å². The Morgan fingerprint density at radius 2 is 2.00 bits per heavy atom. The molecule has 19 heavy (non-hydrogen) atoms.